The van der Waals surface area contributed by atoms with Gasteiger partial charge in [0.2, 0.25) is 5.91 Å². The smallest absolute Gasteiger partial charge is 0.308 e. The Morgan fingerprint density at radius 3 is 2.68 bits per heavy atom. The Morgan fingerprint density at radius 2 is 2.00 bits per heavy atom. The number of hydrogen-bond acceptors (Lipinski definition) is 5. The van der Waals surface area contributed by atoms with Gasteiger partial charge in [0.25, 0.3) is 5.91 Å². The first kappa shape index (κ1) is 21.7. The van der Waals surface area contributed by atoms with Crippen LogP contribution in [-0.2, 0) is 19.1 Å². The van der Waals surface area contributed by atoms with Crippen molar-refractivity contribution in [2.45, 2.75) is 46.6 Å². The molecular weight excluding hydrogens is 360 g/mol. The molecule has 7 heteroatoms. The first-order valence-electron chi connectivity index (χ1n) is 9.70. The Morgan fingerprint density at radius 1 is 1.25 bits per heavy atom. The Balaban J connectivity index is 1.93. The average molecular weight is 390 g/mol. The minimum Gasteiger partial charge on any atom is -0.484 e. The van der Waals surface area contributed by atoms with Gasteiger partial charge in [-0.1, -0.05) is 19.9 Å². The van der Waals surface area contributed by atoms with E-state index in [2.05, 4.69) is 5.32 Å². The summed E-state index contributed by atoms with van der Waals surface area (Å²) in [5.74, 6) is -0.121. The number of aryl methyl sites for hydroxylation is 2. The molecule has 1 N–H and O–H groups in total. The van der Waals surface area contributed by atoms with E-state index in [0.29, 0.717) is 31.4 Å². The summed E-state index contributed by atoms with van der Waals surface area (Å²) >= 11 is 0. The maximum absolute atomic E-state index is 12.6. The summed E-state index contributed by atoms with van der Waals surface area (Å²) in [6, 6.07) is 4.74. The molecule has 1 aromatic carbocycles. The van der Waals surface area contributed by atoms with E-state index < -0.39 is 12.0 Å². The molecule has 1 heterocycles. The summed E-state index contributed by atoms with van der Waals surface area (Å²) in [4.78, 5) is 38.4. The van der Waals surface area contributed by atoms with Gasteiger partial charge in [0.05, 0.1) is 13.0 Å². The number of esters is 1. The number of nitrogens with one attached hydrogen (secondary N) is 1. The number of piperazine rings is 1. The van der Waals surface area contributed by atoms with Crippen molar-refractivity contribution in [2.24, 2.45) is 5.92 Å². The zero-order valence-electron chi connectivity index (χ0n) is 17.1. The number of nitrogens with zero attached hydrogens (tertiary/aromatic N) is 1. The van der Waals surface area contributed by atoms with Gasteiger partial charge in [-0.05, 0) is 49.4 Å². The highest BCUT2D eigenvalue weighted by Gasteiger charge is 2.35. The molecule has 1 fully saturated rings. The van der Waals surface area contributed by atoms with Gasteiger partial charge in [0, 0.05) is 13.1 Å². The molecule has 1 aliphatic heterocycles. The Bertz CT molecular complexity index is 717. The van der Waals surface area contributed by atoms with E-state index in [9.17, 15) is 14.4 Å². The van der Waals surface area contributed by atoms with E-state index in [4.69, 9.17) is 9.47 Å². The van der Waals surface area contributed by atoms with Crippen molar-refractivity contribution in [3.05, 3.63) is 29.3 Å². The van der Waals surface area contributed by atoms with Crippen LogP contribution in [0.3, 0.4) is 0 Å². The number of benzene rings is 1. The van der Waals surface area contributed by atoms with E-state index in [0.717, 1.165) is 17.5 Å². The summed E-state index contributed by atoms with van der Waals surface area (Å²) < 4.78 is 10.8. The van der Waals surface area contributed by atoms with Crippen LogP contribution in [0.2, 0.25) is 0 Å². The van der Waals surface area contributed by atoms with Crippen molar-refractivity contribution in [3.8, 4) is 5.75 Å². The van der Waals surface area contributed by atoms with Crippen LogP contribution in [0.5, 0.6) is 5.75 Å². The number of amides is 2. The molecule has 1 unspecified atom stereocenters. The van der Waals surface area contributed by atoms with Crippen LogP contribution in [0.25, 0.3) is 0 Å². The number of rotatable bonds is 8. The topological polar surface area (TPSA) is 84.9 Å². The quantitative estimate of drug-likeness (QED) is 0.686. The number of hydrogen-bond donors (Lipinski definition) is 1. The number of carbonyl (C=O) groups is 3. The summed E-state index contributed by atoms with van der Waals surface area (Å²) in [6.07, 6.45) is 0.606. The largest absolute Gasteiger partial charge is 0.484 e. The maximum Gasteiger partial charge on any atom is 0.308 e. The van der Waals surface area contributed by atoms with Gasteiger partial charge in [-0.25, -0.2) is 0 Å². The van der Waals surface area contributed by atoms with Gasteiger partial charge in [-0.15, -0.1) is 0 Å². The lowest BCUT2D eigenvalue weighted by molar-refractivity contribution is -0.152. The summed E-state index contributed by atoms with van der Waals surface area (Å²) in [7, 11) is 0. The number of ether oxygens (including phenoxy) is 2. The molecule has 0 aromatic heterocycles. The van der Waals surface area contributed by atoms with Gasteiger partial charge in [0.1, 0.15) is 11.8 Å². The van der Waals surface area contributed by atoms with Gasteiger partial charge in [-0.2, -0.15) is 0 Å². The highest BCUT2D eigenvalue weighted by atomic mass is 16.5. The molecule has 2 rings (SSSR count). The highest BCUT2D eigenvalue weighted by Crippen LogP contribution is 2.17. The fraction of sp³-hybridized carbons (Fsp3) is 0.571. The molecule has 1 aromatic rings. The van der Waals surface area contributed by atoms with E-state index in [1.165, 1.54) is 4.90 Å². The lowest BCUT2D eigenvalue weighted by atomic mass is 10.1. The maximum atomic E-state index is 12.6. The van der Waals surface area contributed by atoms with Crippen LogP contribution in [0.1, 0.15) is 37.8 Å². The lowest BCUT2D eigenvalue weighted by Crippen LogP contribution is -2.58. The van der Waals surface area contributed by atoms with Crippen LogP contribution in [0, 0.1) is 19.8 Å². The van der Waals surface area contributed by atoms with Crippen LogP contribution >= 0.6 is 0 Å². The van der Waals surface area contributed by atoms with E-state index in [-0.39, 0.29) is 24.8 Å². The molecule has 0 spiro atoms. The van der Waals surface area contributed by atoms with Crippen LogP contribution in [-0.4, -0.2) is 55.0 Å². The summed E-state index contributed by atoms with van der Waals surface area (Å²) in [5.41, 5.74) is 2.21. The van der Waals surface area contributed by atoms with Gasteiger partial charge >= 0.3 is 5.97 Å². The van der Waals surface area contributed by atoms with Crippen molar-refractivity contribution in [3.63, 3.8) is 0 Å². The molecule has 0 saturated carbocycles. The first-order valence-corrected chi connectivity index (χ1v) is 9.70. The average Bonchev–Trinajstić information content (AvgIpc) is 2.63. The second-order valence-electron chi connectivity index (χ2n) is 7.54. The summed E-state index contributed by atoms with van der Waals surface area (Å²) in [6.45, 7) is 8.87. The molecule has 0 bridgehead atoms. The predicted molar refractivity (Wildman–Crippen MR) is 105 cm³/mol. The highest BCUT2D eigenvalue weighted by molar-refractivity contribution is 5.92. The molecule has 2 amide bonds. The van der Waals surface area contributed by atoms with Crippen LogP contribution in [0.4, 0.5) is 0 Å². The van der Waals surface area contributed by atoms with E-state index in [1.807, 2.05) is 45.9 Å². The molecule has 154 valence electrons. The summed E-state index contributed by atoms with van der Waals surface area (Å²) in [5, 5.41) is 2.70. The minimum atomic E-state index is -0.865. The van der Waals surface area contributed by atoms with Gasteiger partial charge in [-0.3, -0.25) is 14.4 Å². The fourth-order valence-corrected chi connectivity index (χ4v) is 2.87. The molecule has 1 aliphatic rings. The SMILES string of the molecule is Cc1ccc(OCC(=O)N2CCNC(=O)C2CC(=O)OCCC(C)C)cc1C. The van der Waals surface area contributed by atoms with Gasteiger partial charge in [0.15, 0.2) is 6.61 Å². The Kier molecular flexibility index (Phi) is 7.84. The van der Waals surface area contributed by atoms with Crippen LogP contribution in [0.15, 0.2) is 18.2 Å². The van der Waals surface area contributed by atoms with E-state index in [1.54, 1.807) is 0 Å². The zero-order valence-corrected chi connectivity index (χ0v) is 17.1. The van der Waals surface area contributed by atoms with E-state index >= 15 is 0 Å². The third-order valence-corrected chi connectivity index (χ3v) is 4.81. The number of carbonyl (C=O) groups excluding carboxylic acids is 3. The van der Waals surface area contributed by atoms with Crippen molar-refractivity contribution in [1.82, 2.24) is 10.2 Å². The zero-order chi connectivity index (χ0) is 20.7. The first-order chi connectivity index (χ1) is 13.3. The molecular formula is C21H30N2O5. The van der Waals surface area contributed by atoms with Crippen molar-refractivity contribution in [2.75, 3.05) is 26.3 Å². The monoisotopic (exact) mass is 390 g/mol. The fourth-order valence-electron chi connectivity index (χ4n) is 2.87. The van der Waals surface area contributed by atoms with Crippen molar-refractivity contribution in [1.29, 1.82) is 0 Å². The molecule has 28 heavy (non-hydrogen) atoms. The van der Waals surface area contributed by atoms with Crippen molar-refractivity contribution >= 4 is 17.8 Å². The molecule has 7 nitrogen and oxygen atoms in total. The second kappa shape index (κ2) is 10.1. The standard InChI is InChI=1S/C21H30N2O5/c1-14(2)7-10-27-20(25)12-18-21(26)22-8-9-23(18)19(24)13-28-17-6-5-15(3)16(4)11-17/h5-6,11,14,18H,7-10,12-13H2,1-4H3,(H,22,26). The molecule has 1 saturated heterocycles. The molecule has 0 aliphatic carbocycles. The van der Waals surface area contributed by atoms with Gasteiger partial charge < -0.3 is 19.7 Å². The minimum absolute atomic E-state index is 0.153. The lowest BCUT2D eigenvalue weighted by Gasteiger charge is -2.34. The Hall–Kier alpha value is -2.57. The Labute approximate surface area is 166 Å². The molecule has 0 radical (unpaired) electrons. The second-order valence-corrected chi connectivity index (χ2v) is 7.54. The normalized spacial score (nSPS) is 16.7. The third-order valence-electron chi connectivity index (χ3n) is 4.81. The predicted octanol–water partition coefficient (Wildman–Crippen LogP) is 1.99. The third kappa shape index (κ3) is 6.25. The van der Waals surface area contributed by atoms with Crippen LogP contribution < -0.4 is 10.1 Å². The molecule has 1 atom stereocenters. The van der Waals surface area contributed by atoms with Crippen molar-refractivity contribution < 1.29 is 23.9 Å².